The average Bonchev–Trinajstić information content (AvgIpc) is 2.96. The average molecular weight is 614 g/mol. The molecule has 0 spiro atoms. The molecule has 0 radical (unpaired) electrons. The lowest BCUT2D eigenvalue weighted by molar-refractivity contribution is 0.102. The Balaban J connectivity index is 1.47. The number of hydrogen-bond donors (Lipinski definition) is 3. The van der Waals surface area contributed by atoms with E-state index in [1.165, 1.54) is 18.5 Å². The summed E-state index contributed by atoms with van der Waals surface area (Å²) in [6, 6.07) is 8.66. The van der Waals surface area contributed by atoms with Crippen molar-refractivity contribution in [3.05, 3.63) is 60.2 Å². The molecule has 4 aromatic rings. The zero-order chi connectivity index (χ0) is 30.7. The van der Waals surface area contributed by atoms with Crippen LogP contribution in [0.25, 0.3) is 22.0 Å². The van der Waals surface area contributed by atoms with E-state index in [0.29, 0.717) is 39.8 Å². The summed E-state index contributed by atoms with van der Waals surface area (Å²) < 4.78 is 62.6. The number of sulfonamides is 1. The van der Waals surface area contributed by atoms with E-state index >= 15 is 0 Å². The van der Waals surface area contributed by atoms with E-state index in [-0.39, 0.29) is 42.8 Å². The summed E-state index contributed by atoms with van der Waals surface area (Å²) in [7, 11) is -3.77. The second-order valence-corrected chi connectivity index (χ2v) is 12.0. The highest BCUT2D eigenvalue weighted by molar-refractivity contribution is 7.92. The number of hydrogen-bond acceptors (Lipinski definition) is 9. The van der Waals surface area contributed by atoms with Crippen molar-refractivity contribution < 1.29 is 31.8 Å². The van der Waals surface area contributed by atoms with Gasteiger partial charge in [-0.2, -0.15) is 5.10 Å². The molecule has 226 valence electrons. The molecule has 15 heteroatoms. The molecular weight excluding hydrogens is 584 g/mol. The highest BCUT2D eigenvalue weighted by Crippen LogP contribution is 2.39. The van der Waals surface area contributed by atoms with Gasteiger partial charge >= 0.3 is 6.09 Å². The van der Waals surface area contributed by atoms with Crippen LogP contribution in [0, 0.1) is 12.7 Å². The molecule has 12 nitrogen and oxygen atoms in total. The fourth-order valence-electron chi connectivity index (χ4n) is 4.92. The minimum absolute atomic E-state index is 0.0683. The molecule has 5 rings (SSSR count). The molecule has 1 aliphatic rings. The van der Waals surface area contributed by atoms with E-state index in [4.69, 9.17) is 4.74 Å². The summed E-state index contributed by atoms with van der Waals surface area (Å²) in [5.41, 5.74) is 1.31. The highest BCUT2D eigenvalue weighted by atomic mass is 32.2. The van der Waals surface area contributed by atoms with Crippen LogP contribution in [0.5, 0.6) is 11.6 Å². The molecule has 3 heterocycles. The quantitative estimate of drug-likeness (QED) is 0.235. The Morgan fingerprint density at radius 2 is 1.93 bits per heavy atom. The monoisotopic (exact) mass is 613 g/mol. The Morgan fingerprint density at radius 1 is 1.14 bits per heavy atom. The second kappa shape index (κ2) is 12.3. The summed E-state index contributed by atoms with van der Waals surface area (Å²) in [6.07, 6.45) is 0.867. The van der Waals surface area contributed by atoms with Gasteiger partial charge in [0.05, 0.1) is 35.4 Å². The highest BCUT2D eigenvalue weighted by Gasteiger charge is 2.30. The molecule has 0 aliphatic carbocycles. The minimum atomic E-state index is -3.77. The van der Waals surface area contributed by atoms with Gasteiger partial charge in [0.2, 0.25) is 21.9 Å². The normalized spacial score (nSPS) is 17.1. The number of carboxylic acid groups (broad SMARTS) is 1. The van der Waals surface area contributed by atoms with E-state index in [2.05, 4.69) is 30.2 Å². The van der Waals surface area contributed by atoms with E-state index in [1.807, 2.05) is 0 Å². The molecule has 2 aromatic carbocycles. The molecule has 0 saturated carbocycles. The van der Waals surface area contributed by atoms with Gasteiger partial charge in [0.1, 0.15) is 17.7 Å². The van der Waals surface area contributed by atoms with Crippen molar-refractivity contribution in [2.45, 2.75) is 38.9 Å². The summed E-state index contributed by atoms with van der Waals surface area (Å²) in [4.78, 5) is 21.1. The lowest BCUT2D eigenvalue weighted by Crippen LogP contribution is -2.49. The Bertz CT molecular complexity index is 1780. The molecule has 43 heavy (non-hydrogen) atoms. The van der Waals surface area contributed by atoms with Crippen molar-refractivity contribution in [3.8, 4) is 22.9 Å². The number of halogens is 2. The van der Waals surface area contributed by atoms with Crippen LogP contribution in [0.1, 0.15) is 25.3 Å². The predicted octanol–water partition coefficient (Wildman–Crippen LogP) is 4.98. The van der Waals surface area contributed by atoms with Crippen LogP contribution in [0.3, 0.4) is 0 Å². The topological polar surface area (TPSA) is 160 Å². The van der Waals surface area contributed by atoms with Gasteiger partial charge in [0.15, 0.2) is 0 Å². The first-order valence-electron chi connectivity index (χ1n) is 13.5. The lowest BCUT2D eigenvalue weighted by atomic mass is 10.0. The molecule has 2 aromatic heterocycles. The Labute approximate surface area is 246 Å². The van der Waals surface area contributed by atoms with Crippen molar-refractivity contribution >= 4 is 38.5 Å². The van der Waals surface area contributed by atoms with Gasteiger partial charge in [-0.05, 0) is 43.2 Å². The largest absolute Gasteiger partial charge is 0.465 e. The molecule has 0 unspecified atom stereocenters. The molecular formula is C28H29F2N7O5S. The van der Waals surface area contributed by atoms with Crippen LogP contribution in [0.15, 0.2) is 48.8 Å². The van der Waals surface area contributed by atoms with E-state index in [0.717, 1.165) is 11.0 Å². The third-order valence-electron chi connectivity index (χ3n) is 6.85. The Morgan fingerprint density at radius 3 is 2.70 bits per heavy atom. The number of anilines is 2. The number of aromatic nitrogens is 4. The van der Waals surface area contributed by atoms with E-state index < -0.39 is 34.1 Å². The molecule has 0 bridgehead atoms. The fraction of sp³-hybridized carbons (Fsp3) is 0.321. The fourth-order valence-corrected chi connectivity index (χ4v) is 6.08. The molecule has 1 saturated heterocycles. The minimum Gasteiger partial charge on any atom is -0.465 e. The zero-order valence-electron chi connectivity index (χ0n) is 23.3. The number of nitrogens with zero attached hydrogens (tertiary/aromatic N) is 5. The van der Waals surface area contributed by atoms with Crippen LogP contribution in [-0.2, 0) is 10.0 Å². The van der Waals surface area contributed by atoms with Crippen LogP contribution in [-0.4, -0.2) is 75.7 Å². The maximum absolute atomic E-state index is 14.9. The van der Waals surface area contributed by atoms with Crippen molar-refractivity contribution in [2.24, 2.45) is 0 Å². The number of alkyl halides is 1. The standard InChI is InChI=1S/C28H29F2N7O5S/c1-3-12-43(40,41)36-24-19-5-4-16(2)25(20(19)6-7-22(24)30)42-26-21(8-11-32-35-26)23-9-10-31-27(34-23)33-18-13-17(29)14-37(15-18)28(38)39/h4-11,17-18,36H,3,12-15H2,1-2H3,(H,38,39)(H,31,33,34)/t17-,18-/m0/s1. The number of piperidine rings is 1. The number of aryl methyl sites for hydroxylation is 1. The smallest absolute Gasteiger partial charge is 0.407 e. The van der Waals surface area contributed by atoms with Gasteiger partial charge in [-0.3, -0.25) is 4.72 Å². The van der Waals surface area contributed by atoms with Crippen molar-refractivity contribution in [2.75, 3.05) is 28.9 Å². The number of likely N-dealkylation sites (tertiary alicyclic amines) is 1. The summed E-state index contributed by atoms with van der Waals surface area (Å²) in [6.45, 7) is 3.38. The van der Waals surface area contributed by atoms with Gasteiger partial charge in [0.25, 0.3) is 0 Å². The molecule has 1 amide bonds. The number of amides is 1. The number of rotatable bonds is 9. The van der Waals surface area contributed by atoms with Crippen molar-refractivity contribution in [3.63, 3.8) is 0 Å². The number of carbonyl (C=O) groups is 1. The first kappa shape index (κ1) is 29.8. The third-order valence-corrected chi connectivity index (χ3v) is 8.31. The Kier molecular flexibility index (Phi) is 8.52. The molecule has 3 N–H and O–H groups in total. The third kappa shape index (κ3) is 6.71. The molecule has 1 fully saturated rings. The number of fused-ring (bicyclic) bond motifs is 1. The maximum atomic E-state index is 14.9. The van der Waals surface area contributed by atoms with Crippen molar-refractivity contribution in [1.29, 1.82) is 0 Å². The summed E-state index contributed by atoms with van der Waals surface area (Å²) >= 11 is 0. The van der Waals surface area contributed by atoms with Crippen LogP contribution in [0.4, 0.5) is 25.2 Å². The number of benzene rings is 2. The SMILES string of the molecule is CCCS(=O)(=O)Nc1c(F)ccc2c(Oc3nnccc3-c3ccnc(N[C@H]4C[C@H](F)CN(C(=O)O)C4)n3)c(C)ccc12. The first-order chi connectivity index (χ1) is 20.5. The van der Waals surface area contributed by atoms with Gasteiger partial charge in [0, 0.05) is 36.0 Å². The summed E-state index contributed by atoms with van der Waals surface area (Å²) in [5, 5.41) is 21.1. The van der Waals surface area contributed by atoms with Gasteiger partial charge in [-0.15, -0.1) is 5.10 Å². The van der Waals surface area contributed by atoms with E-state index in [9.17, 15) is 27.1 Å². The predicted molar refractivity (Wildman–Crippen MR) is 156 cm³/mol. The van der Waals surface area contributed by atoms with Gasteiger partial charge in [-0.1, -0.05) is 19.1 Å². The maximum Gasteiger partial charge on any atom is 0.407 e. The van der Waals surface area contributed by atoms with E-state index in [1.54, 1.807) is 38.1 Å². The van der Waals surface area contributed by atoms with Gasteiger partial charge in [-0.25, -0.2) is 32.0 Å². The Hall–Kier alpha value is -4.66. The van der Waals surface area contributed by atoms with Crippen LogP contribution >= 0.6 is 0 Å². The summed E-state index contributed by atoms with van der Waals surface area (Å²) in [5.74, 6) is -0.354. The van der Waals surface area contributed by atoms with Crippen molar-refractivity contribution in [1.82, 2.24) is 25.1 Å². The van der Waals surface area contributed by atoms with Crippen LogP contribution < -0.4 is 14.8 Å². The molecule has 2 atom stereocenters. The van der Waals surface area contributed by atoms with Gasteiger partial charge < -0.3 is 20.1 Å². The number of ether oxygens (including phenoxy) is 1. The number of nitrogens with one attached hydrogen (secondary N) is 2. The second-order valence-electron chi connectivity index (χ2n) is 10.1. The molecule has 1 aliphatic heterocycles. The first-order valence-corrected chi connectivity index (χ1v) is 15.1. The zero-order valence-corrected chi connectivity index (χ0v) is 24.1. The lowest BCUT2D eigenvalue weighted by Gasteiger charge is -2.33. The van der Waals surface area contributed by atoms with Crippen LogP contribution in [0.2, 0.25) is 0 Å².